The van der Waals surface area contributed by atoms with Gasteiger partial charge < -0.3 is 14.3 Å². The maximum atomic E-state index is 13.6. The Balaban J connectivity index is 0.000000166. The van der Waals surface area contributed by atoms with Gasteiger partial charge in [-0.05, 0) is 122 Å². The van der Waals surface area contributed by atoms with Crippen LogP contribution in [0.3, 0.4) is 0 Å². The van der Waals surface area contributed by atoms with Crippen LogP contribution in [-0.4, -0.2) is 45.8 Å². The van der Waals surface area contributed by atoms with Crippen LogP contribution in [0.4, 0.5) is 8.78 Å². The fraction of sp³-hybridized carbons (Fsp3) is 0.180. The number of thiophene rings is 2. The summed E-state index contributed by atoms with van der Waals surface area (Å²) in [6, 6.07) is 29.8. The first-order valence-corrected chi connectivity index (χ1v) is 22.2. The second-order valence-electron chi connectivity index (χ2n) is 16.3. The molecule has 0 saturated heterocycles. The zero-order valence-electron chi connectivity index (χ0n) is 34.6. The summed E-state index contributed by atoms with van der Waals surface area (Å²) in [5.41, 5.74) is 3.31. The maximum Gasteiger partial charge on any atom is 0.319 e. The molecule has 11 nitrogen and oxygen atoms in total. The number of esters is 1. The first kappa shape index (κ1) is 43.0. The standard InChI is InChI=1S/C25H17FN2O6S.C25H20FNO2S/c26-17-3-1-15(2-4-17)21-19-6-5-18(34-24(30)25(9-10-25)14-33-28(31)32)13-20(19)35-23(21)22(29)16-7-11-27-12-8-16;1-25(10-11-25)15-29-19-6-7-20-21(14-19)30-24(23(28)17-8-12-27-13-9-17)22(20)16-2-4-18(26)5-3-16/h1-8,11-13H,9-10,14H2;2-9,12-14H,10-11,15H2,1H3. The number of carbonyl (C=O) groups excluding carboxylic acids is 3. The van der Waals surface area contributed by atoms with E-state index >= 15 is 0 Å². The maximum absolute atomic E-state index is 13.6. The van der Waals surface area contributed by atoms with Crippen LogP contribution in [-0.2, 0) is 9.63 Å². The normalized spacial score (nSPS) is 14.2. The molecule has 2 saturated carbocycles. The van der Waals surface area contributed by atoms with Crippen molar-refractivity contribution < 1.29 is 42.6 Å². The molecule has 2 fully saturated rings. The molecule has 0 atom stereocenters. The van der Waals surface area contributed by atoms with Gasteiger partial charge in [0.05, 0.1) is 21.8 Å². The Bertz CT molecular complexity index is 3100. The number of carbonyl (C=O) groups is 3. The zero-order valence-corrected chi connectivity index (χ0v) is 36.3. The van der Waals surface area contributed by atoms with Crippen molar-refractivity contribution in [2.24, 2.45) is 10.8 Å². The summed E-state index contributed by atoms with van der Waals surface area (Å²) in [6.45, 7) is 2.59. The first-order valence-electron chi connectivity index (χ1n) is 20.6. The molecule has 65 heavy (non-hydrogen) atoms. The van der Waals surface area contributed by atoms with E-state index in [1.165, 1.54) is 72.2 Å². The van der Waals surface area contributed by atoms with Crippen molar-refractivity contribution in [1.82, 2.24) is 9.97 Å². The van der Waals surface area contributed by atoms with Crippen LogP contribution in [0, 0.1) is 32.6 Å². The third-order valence-corrected chi connectivity index (χ3v) is 13.8. The molecule has 8 aromatic rings. The molecule has 0 unspecified atom stereocenters. The molecule has 0 radical (unpaired) electrons. The van der Waals surface area contributed by atoms with E-state index in [0.29, 0.717) is 61.6 Å². The SMILES string of the molecule is CC1(COc2ccc3c(-c4ccc(F)cc4)c(C(=O)c4ccncc4)sc3c2)CC1.O=C(c1ccncc1)c1sc2cc(OC(=O)C3(CO[N+](=O)[O-])CC3)ccc2c1-c1ccc(F)cc1. The lowest BCUT2D eigenvalue weighted by Gasteiger charge is -2.13. The lowest BCUT2D eigenvalue weighted by Crippen LogP contribution is -2.27. The molecule has 326 valence electrons. The minimum atomic E-state index is -1.01. The summed E-state index contributed by atoms with van der Waals surface area (Å²) < 4.78 is 40.3. The van der Waals surface area contributed by atoms with Gasteiger partial charge in [0, 0.05) is 72.6 Å². The summed E-state index contributed by atoms with van der Waals surface area (Å²) >= 11 is 2.68. The van der Waals surface area contributed by atoms with Gasteiger partial charge in [0.15, 0.2) is 0 Å². The van der Waals surface area contributed by atoms with Gasteiger partial charge in [-0.15, -0.1) is 32.8 Å². The Labute approximate surface area is 378 Å². The number of rotatable bonds is 14. The minimum absolute atomic E-state index is 0.0640. The topological polar surface area (TPSA) is 148 Å². The Morgan fingerprint density at radius 1 is 0.646 bits per heavy atom. The number of aromatic nitrogens is 2. The number of hydrogen-bond acceptors (Lipinski definition) is 12. The van der Waals surface area contributed by atoms with Crippen LogP contribution >= 0.6 is 22.7 Å². The van der Waals surface area contributed by atoms with Gasteiger partial charge in [0.2, 0.25) is 11.6 Å². The van der Waals surface area contributed by atoms with E-state index in [0.717, 1.165) is 32.3 Å². The summed E-state index contributed by atoms with van der Waals surface area (Å²) in [7, 11) is 0. The van der Waals surface area contributed by atoms with Crippen LogP contribution in [0.25, 0.3) is 42.4 Å². The third kappa shape index (κ3) is 9.38. The quantitative estimate of drug-likeness (QED) is 0.0339. The van der Waals surface area contributed by atoms with Crippen LogP contribution in [0.2, 0.25) is 0 Å². The van der Waals surface area contributed by atoms with Gasteiger partial charge in [-0.3, -0.25) is 24.4 Å². The lowest BCUT2D eigenvalue weighted by atomic mass is 9.98. The second kappa shape index (κ2) is 17.7. The molecule has 0 N–H and O–H groups in total. The van der Waals surface area contributed by atoms with Crippen LogP contribution in [0.1, 0.15) is 63.1 Å². The average Bonchev–Trinajstić information content (AvgIpc) is 4.21. The van der Waals surface area contributed by atoms with E-state index in [-0.39, 0.29) is 35.6 Å². The van der Waals surface area contributed by atoms with Crippen molar-refractivity contribution in [2.45, 2.75) is 32.6 Å². The van der Waals surface area contributed by atoms with Crippen molar-refractivity contribution in [2.75, 3.05) is 13.2 Å². The van der Waals surface area contributed by atoms with E-state index in [4.69, 9.17) is 9.47 Å². The summed E-state index contributed by atoms with van der Waals surface area (Å²) in [5.74, 6) is -0.493. The third-order valence-electron chi connectivity index (χ3n) is 11.5. The molecule has 0 amide bonds. The number of benzene rings is 4. The zero-order chi connectivity index (χ0) is 45.3. The molecular weight excluding hydrogens is 873 g/mol. The molecule has 2 aliphatic carbocycles. The summed E-state index contributed by atoms with van der Waals surface area (Å²) in [6.07, 6.45) is 9.59. The van der Waals surface area contributed by atoms with Crippen molar-refractivity contribution in [3.8, 4) is 33.8 Å². The van der Waals surface area contributed by atoms with E-state index in [2.05, 4.69) is 21.7 Å². The monoisotopic (exact) mass is 909 g/mol. The van der Waals surface area contributed by atoms with Gasteiger partial charge in [0.25, 0.3) is 5.09 Å². The molecule has 4 heterocycles. The number of ether oxygens (including phenoxy) is 2. The van der Waals surface area contributed by atoms with Crippen LogP contribution < -0.4 is 9.47 Å². The lowest BCUT2D eigenvalue weighted by molar-refractivity contribution is -0.759. The molecule has 4 aromatic heterocycles. The predicted molar refractivity (Wildman–Crippen MR) is 243 cm³/mol. The molecule has 2 aliphatic rings. The highest BCUT2D eigenvalue weighted by Crippen LogP contribution is 2.48. The highest BCUT2D eigenvalue weighted by Gasteiger charge is 2.52. The van der Waals surface area contributed by atoms with E-state index < -0.39 is 16.5 Å². The van der Waals surface area contributed by atoms with Crippen molar-refractivity contribution in [1.29, 1.82) is 0 Å². The largest absolute Gasteiger partial charge is 0.493 e. The second-order valence-corrected chi connectivity index (χ2v) is 18.4. The van der Waals surface area contributed by atoms with Crippen molar-refractivity contribution in [3.05, 3.63) is 177 Å². The molecule has 4 aromatic carbocycles. The number of hydrogen-bond donors (Lipinski definition) is 0. The number of halogens is 2. The van der Waals surface area contributed by atoms with Crippen LogP contribution in [0.15, 0.2) is 134 Å². The molecule has 10 rings (SSSR count). The molecule has 15 heteroatoms. The molecular formula is C50H37F2N3O8S2. The smallest absolute Gasteiger partial charge is 0.319 e. The molecule has 0 bridgehead atoms. The van der Waals surface area contributed by atoms with Crippen molar-refractivity contribution in [3.63, 3.8) is 0 Å². The van der Waals surface area contributed by atoms with E-state index in [1.807, 2.05) is 18.2 Å². The summed E-state index contributed by atoms with van der Waals surface area (Å²) in [4.78, 5) is 63.3. The van der Waals surface area contributed by atoms with Crippen LogP contribution in [0.5, 0.6) is 11.5 Å². The minimum Gasteiger partial charge on any atom is -0.493 e. The Kier molecular flexibility index (Phi) is 11.7. The number of nitrogens with zero attached hydrogens (tertiary/aromatic N) is 3. The fourth-order valence-corrected chi connectivity index (χ4v) is 9.70. The van der Waals surface area contributed by atoms with Gasteiger partial charge in [0.1, 0.15) is 29.7 Å². The van der Waals surface area contributed by atoms with Crippen molar-refractivity contribution >= 4 is 60.4 Å². The van der Waals surface area contributed by atoms with Gasteiger partial charge in [-0.2, -0.15) is 0 Å². The van der Waals surface area contributed by atoms with E-state index in [9.17, 15) is 33.3 Å². The molecule has 0 aliphatic heterocycles. The number of fused-ring (bicyclic) bond motifs is 2. The highest BCUT2D eigenvalue weighted by molar-refractivity contribution is 7.22. The van der Waals surface area contributed by atoms with Gasteiger partial charge in [-0.1, -0.05) is 31.2 Å². The van der Waals surface area contributed by atoms with Gasteiger partial charge in [-0.25, -0.2) is 8.78 Å². The predicted octanol–water partition coefficient (Wildman–Crippen LogP) is 11.7. The first-order chi connectivity index (χ1) is 31.4. The number of pyridine rings is 2. The van der Waals surface area contributed by atoms with E-state index in [1.54, 1.807) is 79.1 Å². The Hall–Kier alpha value is -7.23. The summed E-state index contributed by atoms with van der Waals surface area (Å²) in [5, 5.41) is 11.3. The Morgan fingerprint density at radius 3 is 1.55 bits per heavy atom. The van der Waals surface area contributed by atoms with Gasteiger partial charge >= 0.3 is 5.97 Å². The highest BCUT2D eigenvalue weighted by atomic mass is 32.1. The average molecular weight is 910 g/mol. The molecule has 0 spiro atoms. The Morgan fingerprint density at radius 2 is 1.11 bits per heavy atom. The fourth-order valence-electron chi connectivity index (χ4n) is 7.27. The number of ketones is 2.